The van der Waals surface area contributed by atoms with E-state index in [4.69, 9.17) is 4.74 Å². The molecule has 1 saturated heterocycles. The summed E-state index contributed by atoms with van der Waals surface area (Å²) in [6, 6.07) is 0. The second-order valence-electron chi connectivity index (χ2n) is 5.56. The molecular formula is C14H22O2. The van der Waals surface area contributed by atoms with Crippen LogP contribution in [0.5, 0.6) is 0 Å². The fourth-order valence-corrected chi connectivity index (χ4v) is 3.11. The largest absolute Gasteiger partial charge is 0.370 e. The van der Waals surface area contributed by atoms with Gasteiger partial charge in [0.15, 0.2) is 0 Å². The molecule has 0 spiro atoms. The summed E-state index contributed by atoms with van der Waals surface area (Å²) in [5, 5.41) is 0. The number of carbonyl (C=O) groups excluding carboxylic acids is 1. The predicted octanol–water partition coefficient (Wildman–Crippen LogP) is 3.12. The predicted molar refractivity (Wildman–Crippen MR) is 64.2 cm³/mol. The van der Waals surface area contributed by atoms with E-state index in [0.717, 1.165) is 6.42 Å². The van der Waals surface area contributed by atoms with Crippen molar-refractivity contribution in [3.8, 4) is 0 Å². The Morgan fingerprint density at radius 3 is 3.00 bits per heavy atom. The number of fused-ring (bicyclic) bond motifs is 1. The number of ether oxygens (including phenoxy) is 1. The third kappa shape index (κ3) is 2.54. The van der Waals surface area contributed by atoms with Gasteiger partial charge in [-0.1, -0.05) is 18.6 Å². The lowest BCUT2D eigenvalue weighted by Crippen LogP contribution is -2.41. The highest BCUT2D eigenvalue weighted by Crippen LogP contribution is 2.39. The van der Waals surface area contributed by atoms with Crippen molar-refractivity contribution in [2.24, 2.45) is 11.8 Å². The van der Waals surface area contributed by atoms with E-state index in [0.29, 0.717) is 18.3 Å². The average molecular weight is 222 g/mol. The Morgan fingerprint density at radius 1 is 1.56 bits per heavy atom. The first kappa shape index (κ1) is 11.8. The maximum Gasteiger partial charge on any atom is 0.132 e. The van der Waals surface area contributed by atoms with E-state index < -0.39 is 0 Å². The van der Waals surface area contributed by atoms with E-state index in [2.05, 4.69) is 19.9 Å². The average Bonchev–Trinajstić information content (AvgIpc) is 2.15. The van der Waals surface area contributed by atoms with Crippen LogP contribution in [0.15, 0.2) is 11.6 Å². The molecular weight excluding hydrogens is 200 g/mol. The lowest BCUT2D eigenvalue weighted by Gasteiger charge is -2.42. The summed E-state index contributed by atoms with van der Waals surface area (Å²) < 4.78 is 6.04. The third-order valence-electron chi connectivity index (χ3n) is 3.97. The van der Waals surface area contributed by atoms with Gasteiger partial charge < -0.3 is 4.74 Å². The van der Waals surface area contributed by atoms with Gasteiger partial charge >= 0.3 is 0 Å². The van der Waals surface area contributed by atoms with Gasteiger partial charge in [-0.05, 0) is 44.9 Å². The van der Waals surface area contributed by atoms with Crippen LogP contribution in [0.2, 0.25) is 0 Å². The normalized spacial score (nSPS) is 38.8. The molecule has 2 nitrogen and oxygen atoms in total. The van der Waals surface area contributed by atoms with E-state index in [1.165, 1.54) is 18.4 Å². The maximum atomic E-state index is 11.1. The van der Waals surface area contributed by atoms with Crippen LogP contribution in [0, 0.1) is 11.8 Å². The molecule has 1 aliphatic heterocycles. The Hall–Kier alpha value is -0.630. The molecule has 0 N–H and O–H groups in total. The standard InChI is InChI=1S/C14H22O2/c1-9-4-5-13-10(2)7-12(8-11(3)15)16-14(13)6-9/h6,10,12-14H,4-5,7-8H2,1-3H3/t10-,12-,13+,14+/m0/s1. The molecule has 0 saturated carbocycles. The van der Waals surface area contributed by atoms with Crippen molar-refractivity contribution >= 4 is 5.78 Å². The minimum atomic E-state index is 0.149. The molecule has 2 aliphatic rings. The van der Waals surface area contributed by atoms with E-state index in [-0.39, 0.29) is 18.0 Å². The van der Waals surface area contributed by atoms with Gasteiger partial charge in [0.05, 0.1) is 12.2 Å². The molecule has 0 aromatic rings. The molecule has 1 fully saturated rings. The van der Waals surface area contributed by atoms with E-state index in [1.807, 2.05) is 0 Å². The number of Topliss-reactive ketones (excluding diaryl/α,β-unsaturated/α-hetero) is 1. The van der Waals surface area contributed by atoms with Crippen molar-refractivity contribution in [1.29, 1.82) is 0 Å². The lowest BCUT2D eigenvalue weighted by molar-refractivity contribution is -0.127. The summed E-state index contributed by atoms with van der Waals surface area (Å²) in [5.41, 5.74) is 1.44. The number of hydrogen-bond donors (Lipinski definition) is 0. The SMILES string of the molecule is CC(=O)C[C@@H]1C[C@H](C)[C@H]2CCC(C)=C[C@H]2O1. The van der Waals surface area contributed by atoms with Crippen molar-refractivity contribution in [2.45, 2.75) is 58.7 Å². The molecule has 16 heavy (non-hydrogen) atoms. The highest BCUT2D eigenvalue weighted by molar-refractivity contribution is 5.76. The number of carbonyl (C=O) groups is 1. The molecule has 1 heterocycles. The topological polar surface area (TPSA) is 26.3 Å². The summed E-state index contributed by atoms with van der Waals surface area (Å²) in [6.07, 6.45) is 6.79. The highest BCUT2D eigenvalue weighted by atomic mass is 16.5. The van der Waals surface area contributed by atoms with Crippen molar-refractivity contribution in [2.75, 3.05) is 0 Å². The summed E-state index contributed by atoms with van der Waals surface area (Å²) >= 11 is 0. The van der Waals surface area contributed by atoms with E-state index in [1.54, 1.807) is 6.92 Å². The second-order valence-corrected chi connectivity index (χ2v) is 5.56. The zero-order valence-corrected chi connectivity index (χ0v) is 10.5. The Kier molecular flexibility index (Phi) is 3.48. The van der Waals surface area contributed by atoms with Crippen LogP contribution in [0.4, 0.5) is 0 Å². The summed E-state index contributed by atoms with van der Waals surface area (Å²) in [6.45, 7) is 6.14. The lowest BCUT2D eigenvalue weighted by atomic mass is 9.75. The number of rotatable bonds is 2. The molecule has 1 aliphatic carbocycles. The second kappa shape index (κ2) is 4.70. The molecule has 4 atom stereocenters. The Balaban J connectivity index is 2.05. The smallest absolute Gasteiger partial charge is 0.132 e. The fraction of sp³-hybridized carbons (Fsp3) is 0.786. The molecule has 0 unspecified atom stereocenters. The van der Waals surface area contributed by atoms with E-state index >= 15 is 0 Å². The number of allylic oxidation sites excluding steroid dienone is 1. The molecule has 0 radical (unpaired) electrons. The van der Waals surface area contributed by atoms with Crippen LogP contribution in [0.3, 0.4) is 0 Å². The Morgan fingerprint density at radius 2 is 2.31 bits per heavy atom. The van der Waals surface area contributed by atoms with Gasteiger partial charge in [0.1, 0.15) is 5.78 Å². The first-order chi connectivity index (χ1) is 7.56. The molecule has 2 heteroatoms. The van der Waals surface area contributed by atoms with Gasteiger partial charge in [0.25, 0.3) is 0 Å². The minimum Gasteiger partial charge on any atom is -0.370 e. The molecule has 90 valence electrons. The van der Waals surface area contributed by atoms with Gasteiger partial charge in [0.2, 0.25) is 0 Å². The van der Waals surface area contributed by atoms with Gasteiger partial charge in [0, 0.05) is 6.42 Å². The molecule has 0 aromatic heterocycles. The quantitative estimate of drug-likeness (QED) is 0.671. The van der Waals surface area contributed by atoms with Crippen molar-refractivity contribution < 1.29 is 9.53 Å². The van der Waals surface area contributed by atoms with Crippen LogP contribution in [-0.4, -0.2) is 18.0 Å². The van der Waals surface area contributed by atoms with Crippen LogP contribution in [-0.2, 0) is 9.53 Å². The van der Waals surface area contributed by atoms with Crippen molar-refractivity contribution in [3.05, 3.63) is 11.6 Å². The van der Waals surface area contributed by atoms with Gasteiger partial charge in [-0.15, -0.1) is 0 Å². The van der Waals surface area contributed by atoms with Crippen molar-refractivity contribution in [3.63, 3.8) is 0 Å². The summed E-state index contributed by atoms with van der Waals surface area (Å²) in [5.74, 6) is 1.60. The minimum absolute atomic E-state index is 0.149. The molecule has 0 aromatic carbocycles. The summed E-state index contributed by atoms with van der Waals surface area (Å²) in [4.78, 5) is 11.1. The van der Waals surface area contributed by atoms with Crippen LogP contribution in [0.1, 0.15) is 46.5 Å². The number of ketones is 1. The monoisotopic (exact) mass is 222 g/mol. The van der Waals surface area contributed by atoms with E-state index in [9.17, 15) is 4.79 Å². The fourth-order valence-electron chi connectivity index (χ4n) is 3.11. The van der Waals surface area contributed by atoms with Gasteiger partial charge in [-0.2, -0.15) is 0 Å². The zero-order chi connectivity index (χ0) is 11.7. The third-order valence-corrected chi connectivity index (χ3v) is 3.97. The molecule has 0 amide bonds. The van der Waals surface area contributed by atoms with Crippen LogP contribution >= 0.6 is 0 Å². The zero-order valence-electron chi connectivity index (χ0n) is 10.5. The van der Waals surface area contributed by atoms with Crippen LogP contribution in [0.25, 0.3) is 0 Å². The Labute approximate surface area is 98.1 Å². The maximum absolute atomic E-state index is 11.1. The van der Waals surface area contributed by atoms with Crippen molar-refractivity contribution in [1.82, 2.24) is 0 Å². The molecule has 2 rings (SSSR count). The summed E-state index contributed by atoms with van der Waals surface area (Å²) in [7, 11) is 0. The first-order valence-corrected chi connectivity index (χ1v) is 6.38. The number of hydrogen-bond acceptors (Lipinski definition) is 2. The van der Waals surface area contributed by atoms with Crippen LogP contribution < -0.4 is 0 Å². The van der Waals surface area contributed by atoms with Gasteiger partial charge in [-0.25, -0.2) is 0 Å². The first-order valence-electron chi connectivity index (χ1n) is 6.38. The Bertz CT molecular complexity index is 306. The molecule has 0 bridgehead atoms. The van der Waals surface area contributed by atoms with Gasteiger partial charge in [-0.3, -0.25) is 4.79 Å². The highest BCUT2D eigenvalue weighted by Gasteiger charge is 2.36.